The second kappa shape index (κ2) is 4.36. The van der Waals surface area contributed by atoms with Crippen LogP contribution in [0.4, 0.5) is 0 Å². The summed E-state index contributed by atoms with van der Waals surface area (Å²) >= 11 is 0. The molecule has 3 heteroatoms. The molecule has 2 fully saturated rings. The van der Waals surface area contributed by atoms with Gasteiger partial charge < -0.3 is 10.0 Å². The molecule has 2 aliphatic rings. The van der Waals surface area contributed by atoms with Crippen LogP contribution in [0, 0.1) is 11.8 Å². The minimum absolute atomic E-state index is 0.234. The molecule has 0 unspecified atom stereocenters. The number of hydrogen-bond donors (Lipinski definition) is 1. The van der Waals surface area contributed by atoms with Gasteiger partial charge in [0.2, 0.25) is 5.91 Å². The minimum atomic E-state index is -0.586. The molecule has 1 aliphatic carbocycles. The first-order valence-electron chi connectivity index (χ1n) is 6.55. The highest BCUT2D eigenvalue weighted by Gasteiger charge is 2.43. The standard InChI is InChI=1S/C13H23NO2/c1-3-13(16)8-14(9-13)12(15)11-6-4-10(2)5-7-11/h10-11,16H,3-9H2,1-2H3. The van der Waals surface area contributed by atoms with Gasteiger partial charge in [0.25, 0.3) is 0 Å². The first-order valence-corrected chi connectivity index (χ1v) is 6.55. The van der Waals surface area contributed by atoms with Gasteiger partial charge in [0.1, 0.15) is 0 Å². The summed E-state index contributed by atoms with van der Waals surface area (Å²) in [4.78, 5) is 13.9. The molecule has 3 nitrogen and oxygen atoms in total. The van der Waals surface area contributed by atoms with Crippen molar-refractivity contribution in [3.8, 4) is 0 Å². The van der Waals surface area contributed by atoms with Crippen LogP contribution in [0.15, 0.2) is 0 Å². The molecule has 1 N–H and O–H groups in total. The van der Waals surface area contributed by atoms with E-state index in [0.717, 1.165) is 25.2 Å². The van der Waals surface area contributed by atoms with E-state index in [1.165, 1.54) is 12.8 Å². The van der Waals surface area contributed by atoms with Gasteiger partial charge in [-0.2, -0.15) is 0 Å². The van der Waals surface area contributed by atoms with Gasteiger partial charge in [-0.3, -0.25) is 4.79 Å². The molecular weight excluding hydrogens is 202 g/mol. The zero-order chi connectivity index (χ0) is 11.8. The summed E-state index contributed by atoms with van der Waals surface area (Å²) in [5, 5.41) is 9.88. The molecule has 1 aliphatic heterocycles. The van der Waals surface area contributed by atoms with Gasteiger partial charge in [-0.05, 0) is 38.0 Å². The summed E-state index contributed by atoms with van der Waals surface area (Å²) in [5.41, 5.74) is -0.586. The Kier molecular flexibility index (Phi) is 3.24. The van der Waals surface area contributed by atoms with E-state index in [0.29, 0.717) is 13.1 Å². The average molecular weight is 225 g/mol. The van der Waals surface area contributed by atoms with E-state index in [1.807, 2.05) is 11.8 Å². The van der Waals surface area contributed by atoms with Crippen LogP contribution < -0.4 is 0 Å². The Hall–Kier alpha value is -0.570. The number of carbonyl (C=O) groups excluding carboxylic acids is 1. The van der Waals surface area contributed by atoms with Crippen LogP contribution in [0.3, 0.4) is 0 Å². The van der Waals surface area contributed by atoms with E-state index in [1.54, 1.807) is 0 Å². The van der Waals surface area contributed by atoms with Crippen molar-refractivity contribution in [2.75, 3.05) is 13.1 Å². The summed E-state index contributed by atoms with van der Waals surface area (Å²) in [6.07, 6.45) is 5.20. The molecule has 0 aromatic carbocycles. The SMILES string of the molecule is CCC1(O)CN(C(=O)C2CCC(C)CC2)C1. The Morgan fingerprint density at radius 1 is 1.31 bits per heavy atom. The van der Waals surface area contributed by atoms with Crippen molar-refractivity contribution in [1.29, 1.82) is 0 Å². The molecular formula is C13H23NO2. The number of β-amino-alcohol motifs (C(OH)–C–C–N with tert-alkyl or cyclic N) is 1. The van der Waals surface area contributed by atoms with E-state index in [4.69, 9.17) is 0 Å². The number of rotatable bonds is 2. The maximum atomic E-state index is 12.1. The first kappa shape index (κ1) is 11.9. The third-order valence-electron chi connectivity index (χ3n) is 4.31. The second-order valence-electron chi connectivity index (χ2n) is 5.73. The van der Waals surface area contributed by atoms with Crippen LogP contribution in [0.2, 0.25) is 0 Å². The third kappa shape index (κ3) is 2.24. The van der Waals surface area contributed by atoms with Crippen molar-refractivity contribution in [2.24, 2.45) is 11.8 Å². The van der Waals surface area contributed by atoms with E-state index in [2.05, 4.69) is 6.92 Å². The molecule has 2 rings (SSSR count). The first-order chi connectivity index (χ1) is 7.54. The van der Waals surface area contributed by atoms with Crippen LogP contribution >= 0.6 is 0 Å². The largest absolute Gasteiger partial charge is 0.386 e. The Bertz CT molecular complexity index is 263. The number of nitrogens with zero attached hydrogens (tertiary/aromatic N) is 1. The smallest absolute Gasteiger partial charge is 0.225 e. The fourth-order valence-electron chi connectivity index (χ4n) is 2.81. The molecule has 0 aromatic heterocycles. The maximum absolute atomic E-state index is 12.1. The van der Waals surface area contributed by atoms with E-state index >= 15 is 0 Å². The van der Waals surface area contributed by atoms with E-state index in [9.17, 15) is 9.90 Å². The van der Waals surface area contributed by atoms with Crippen LogP contribution in [-0.2, 0) is 4.79 Å². The fraction of sp³-hybridized carbons (Fsp3) is 0.923. The molecule has 0 atom stereocenters. The van der Waals surface area contributed by atoms with Gasteiger partial charge >= 0.3 is 0 Å². The predicted molar refractivity (Wildman–Crippen MR) is 62.9 cm³/mol. The number of amides is 1. The number of carbonyl (C=O) groups is 1. The molecule has 92 valence electrons. The predicted octanol–water partition coefficient (Wildman–Crippen LogP) is 1.80. The molecule has 0 radical (unpaired) electrons. The summed E-state index contributed by atoms with van der Waals surface area (Å²) < 4.78 is 0. The van der Waals surface area contributed by atoms with Gasteiger partial charge in [-0.15, -0.1) is 0 Å². The van der Waals surface area contributed by atoms with Gasteiger partial charge in [-0.1, -0.05) is 13.8 Å². The molecule has 1 saturated carbocycles. The lowest BCUT2D eigenvalue weighted by molar-refractivity contribution is -0.161. The van der Waals surface area contributed by atoms with Gasteiger partial charge in [0.05, 0.1) is 18.7 Å². The van der Waals surface area contributed by atoms with Gasteiger partial charge in [-0.25, -0.2) is 0 Å². The Morgan fingerprint density at radius 3 is 2.38 bits per heavy atom. The minimum Gasteiger partial charge on any atom is -0.386 e. The highest BCUT2D eigenvalue weighted by molar-refractivity contribution is 5.80. The molecule has 0 aromatic rings. The van der Waals surface area contributed by atoms with E-state index in [-0.39, 0.29) is 11.8 Å². The van der Waals surface area contributed by atoms with Crippen molar-refractivity contribution in [2.45, 2.75) is 51.6 Å². The molecule has 1 amide bonds. The average Bonchev–Trinajstić information content (AvgIpc) is 2.25. The van der Waals surface area contributed by atoms with Crippen molar-refractivity contribution < 1.29 is 9.90 Å². The molecule has 1 heterocycles. The molecule has 0 bridgehead atoms. The third-order valence-corrected chi connectivity index (χ3v) is 4.31. The van der Waals surface area contributed by atoms with Crippen LogP contribution in [0.25, 0.3) is 0 Å². The summed E-state index contributed by atoms with van der Waals surface area (Å²) in [6.45, 7) is 5.34. The zero-order valence-corrected chi connectivity index (χ0v) is 10.4. The summed E-state index contributed by atoms with van der Waals surface area (Å²) in [5.74, 6) is 1.30. The summed E-state index contributed by atoms with van der Waals surface area (Å²) in [6, 6.07) is 0. The van der Waals surface area contributed by atoms with Crippen LogP contribution in [0.1, 0.15) is 46.0 Å². The Balaban J connectivity index is 1.81. The number of likely N-dealkylation sites (tertiary alicyclic amines) is 1. The van der Waals surface area contributed by atoms with Gasteiger partial charge in [0.15, 0.2) is 0 Å². The van der Waals surface area contributed by atoms with Crippen molar-refractivity contribution in [3.63, 3.8) is 0 Å². The number of aliphatic hydroxyl groups is 1. The highest BCUT2D eigenvalue weighted by atomic mass is 16.3. The van der Waals surface area contributed by atoms with E-state index < -0.39 is 5.60 Å². The lowest BCUT2D eigenvalue weighted by Crippen LogP contribution is -2.64. The summed E-state index contributed by atoms with van der Waals surface area (Å²) in [7, 11) is 0. The lowest BCUT2D eigenvalue weighted by atomic mass is 9.81. The van der Waals surface area contributed by atoms with Crippen molar-refractivity contribution in [3.05, 3.63) is 0 Å². The molecule has 1 saturated heterocycles. The molecule has 0 spiro atoms. The van der Waals surface area contributed by atoms with Gasteiger partial charge in [0, 0.05) is 5.92 Å². The zero-order valence-electron chi connectivity index (χ0n) is 10.4. The van der Waals surface area contributed by atoms with Crippen molar-refractivity contribution >= 4 is 5.91 Å². The topological polar surface area (TPSA) is 40.5 Å². The van der Waals surface area contributed by atoms with Crippen LogP contribution in [0.5, 0.6) is 0 Å². The highest BCUT2D eigenvalue weighted by Crippen LogP contribution is 2.32. The van der Waals surface area contributed by atoms with Crippen LogP contribution in [-0.4, -0.2) is 34.6 Å². The maximum Gasteiger partial charge on any atom is 0.225 e. The quantitative estimate of drug-likeness (QED) is 0.778. The Labute approximate surface area is 97.8 Å². The fourth-order valence-corrected chi connectivity index (χ4v) is 2.81. The second-order valence-corrected chi connectivity index (χ2v) is 5.73. The molecule has 16 heavy (non-hydrogen) atoms. The Morgan fingerprint density at radius 2 is 1.88 bits per heavy atom. The lowest BCUT2D eigenvalue weighted by Gasteiger charge is -2.47. The van der Waals surface area contributed by atoms with Crippen molar-refractivity contribution in [1.82, 2.24) is 4.90 Å². The number of hydrogen-bond acceptors (Lipinski definition) is 2. The normalized spacial score (nSPS) is 33.3. The monoisotopic (exact) mass is 225 g/mol.